The molecule has 0 aromatic carbocycles. The zero-order valence-electron chi connectivity index (χ0n) is 12.4. The Morgan fingerprint density at radius 2 is 2.21 bits per heavy atom. The van der Waals surface area contributed by atoms with Crippen LogP contribution in [0.3, 0.4) is 0 Å². The molecule has 1 saturated heterocycles. The molecule has 2 aliphatic rings. The van der Waals surface area contributed by atoms with E-state index in [1.165, 1.54) is 0 Å². The van der Waals surface area contributed by atoms with Gasteiger partial charge in [0.1, 0.15) is 5.54 Å². The summed E-state index contributed by atoms with van der Waals surface area (Å²) in [5.41, 5.74) is 5.03. The van der Waals surface area contributed by atoms with Crippen molar-refractivity contribution in [2.45, 2.75) is 44.8 Å². The maximum absolute atomic E-state index is 12.0. The third-order valence-corrected chi connectivity index (χ3v) is 4.18. The summed E-state index contributed by atoms with van der Waals surface area (Å²) >= 11 is 0. The number of amides is 1. The van der Waals surface area contributed by atoms with E-state index in [0.29, 0.717) is 12.5 Å². The molecule has 3 N–H and O–H groups in total. The van der Waals surface area contributed by atoms with Gasteiger partial charge in [-0.25, -0.2) is 0 Å². The fourth-order valence-corrected chi connectivity index (χ4v) is 3.19. The number of ether oxygens (including phenoxy) is 1. The molecule has 1 unspecified atom stereocenters. The number of morpholine rings is 1. The molecular formula is C14H27N3O2. The largest absolute Gasteiger partial charge is 0.373 e. The minimum absolute atomic E-state index is 0.141. The van der Waals surface area contributed by atoms with E-state index in [9.17, 15) is 4.79 Å². The first-order valence-electron chi connectivity index (χ1n) is 7.31. The van der Waals surface area contributed by atoms with Crippen molar-refractivity contribution in [1.29, 1.82) is 0 Å². The van der Waals surface area contributed by atoms with Crippen molar-refractivity contribution in [3.05, 3.63) is 0 Å². The number of likely N-dealkylation sites (N-methyl/N-ethyl adjacent to an activating group) is 1. The van der Waals surface area contributed by atoms with Gasteiger partial charge in [-0.05, 0) is 39.2 Å². The van der Waals surface area contributed by atoms with E-state index in [-0.39, 0.29) is 11.5 Å². The standard InChI is InChI=1S/C14H27N3O2/c1-4-16-14(12(15)18,11-5-6-11)10-17-7-8-19-13(2,3)9-17/h11,16H,4-10H2,1-3H3,(H2,15,18). The summed E-state index contributed by atoms with van der Waals surface area (Å²) in [5.74, 6) is 0.192. The number of carbonyl (C=O) groups is 1. The minimum Gasteiger partial charge on any atom is -0.373 e. The molecule has 1 aliphatic carbocycles. The summed E-state index contributed by atoms with van der Waals surface area (Å²) in [6, 6.07) is 0. The van der Waals surface area contributed by atoms with Crippen molar-refractivity contribution in [2.24, 2.45) is 11.7 Å². The van der Waals surface area contributed by atoms with E-state index in [4.69, 9.17) is 10.5 Å². The predicted molar refractivity (Wildman–Crippen MR) is 74.8 cm³/mol. The lowest BCUT2D eigenvalue weighted by Crippen LogP contribution is -2.65. The number of primary amides is 1. The van der Waals surface area contributed by atoms with Gasteiger partial charge in [-0.2, -0.15) is 0 Å². The summed E-state index contributed by atoms with van der Waals surface area (Å²) in [4.78, 5) is 14.3. The second-order valence-corrected chi connectivity index (χ2v) is 6.46. The lowest BCUT2D eigenvalue weighted by molar-refractivity contribution is -0.130. The molecule has 0 aromatic heterocycles. The fourth-order valence-electron chi connectivity index (χ4n) is 3.19. The van der Waals surface area contributed by atoms with Crippen molar-refractivity contribution >= 4 is 5.91 Å². The number of hydrogen-bond acceptors (Lipinski definition) is 4. The second kappa shape index (κ2) is 5.38. The Kier molecular flexibility index (Phi) is 4.18. The van der Waals surface area contributed by atoms with Gasteiger partial charge in [-0.1, -0.05) is 6.92 Å². The van der Waals surface area contributed by atoms with Crippen LogP contribution in [-0.2, 0) is 9.53 Å². The molecule has 1 atom stereocenters. The van der Waals surface area contributed by atoms with Crippen LogP contribution < -0.4 is 11.1 Å². The van der Waals surface area contributed by atoms with Crippen LogP contribution in [0.15, 0.2) is 0 Å². The van der Waals surface area contributed by atoms with Crippen LogP contribution in [0.2, 0.25) is 0 Å². The van der Waals surface area contributed by atoms with Crippen molar-refractivity contribution in [1.82, 2.24) is 10.2 Å². The van der Waals surface area contributed by atoms with Gasteiger partial charge >= 0.3 is 0 Å². The summed E-state index contributed by atoms with van der Waals surface area (Å²) < 4.78 is 5.73. The molecule has 1 amide bonds. The number of nitrogens with zero attached hydrogens (tertiary/aromatic N) is 1. The molecular weight excluding hydrogens is 242 g/mol. The SMILES string of the molecule is CCNC(CN1CCOC(C)(C)C1)(C(N)=O)C1CC1. The number of hydrogen-bond donors (Lipinski definition) is 2. The van der Waals surface area contributed by atoms with Crippen molar-refractivity contribution < 1.29 is 9.53 Å². The van der Waals surface area contributed by atoms with E-state index < -0.39 is 5.54 Å². The highest BCUT2D eigenvalue weighted by Gasteiger charge is 2.50. The van der Waals surface area contributed by atoms with E-state index in [1.54, 1.807) is 0 Å². The Bertz CT molecular complexity index is 342. The molecule has 0 bridgehead atoms. The molecule has 5 heteroatoms. The minimum atomic E-state index is -0.553. The van der Waals surface area contributed by atoms with Crippen LogP contribution in [0, 0.1) is 5.92 Å². The van der Waals surface area contributed by atoms with Crippen LogP contribution in [-0.4, -0.2) is 54.7 Å². The first-order valence-corrected chi connectivity index (χ1v) is 7.31. The smallest absolute Gasteiger partial charge is 0.239 e. The topological polar surface area (TPSA) is 67.6 Å². The second-order valence-electron chi connectivity index (χ2n) is 6.46. The van der Waals surface area contributed by atoms with Crippen molar-refractivity contribution in [2.75, 3.05) is 32.8 Å². The van der Waals surface area contributed by atoms with Crippen molar-refractivity contribution in [3.63, 3.8) is 0 Å². The van der Waals surface area contributed by atoms with Gasteiger partial charge in [-0.15, -0.1) is 0 Å². The Morgan fingerprint density at radius 3 is 2.68 bits per heavy atom. The number of carbonyl (C=O) groups excluding carboxylic acids is 1. The van der Waals surface area contributed by atoms with Gasteiger partial charge < -0.3 is 15.8 Å². The van der Waals surface area contributed by atoms with Crippen LogP contribution >= 0.6 is 0 Å². The lowest BCUT2D eigenvalue weighted by Gasteiger charge is -2.43. The van der Waals surface area contributed by atoms with Crippen LogP contribution in [0.25, 0.3) is 0 Å². The summed E-state index contributed by atoms with van der Waals surface area (Å²) in [6.07, 6.45) is 2.20. The van der Waals surface area contributed by atoms with E-state index in [0.717, 1.165) is 39.1 Å². The van der Waals surface area contributed by atoms with Gasteiger partial charge in [-0.3, -0.25) is 9.69 Å². The van der Waals surface area contributed by atoms with E-state index >= 15 is 0 Å². The number of nitrogens with two attached hydrogens (primary N) is 1. The molecule has 1 heterocycles. The highest BCUT2D eigenvalue weighted by atomic mass is 16.5. The average molecular weight is 269 g/mol. The molecule has 5 nitrogen and oxygen atoms in total. The third kappa shape index (κ3) is 3.27. The molecule has 1 saturated carbocycles. The van der Waals surface area contributed by atoms with E-state index in [1.807, 2.05) is 6.92 Å². The lowest BCUT2D eigenvalue weighted by atomic mass is 9.90. The quantitative estimate of drug-likeness (QED) is 0.730. The third-order valence-electron chi connectivity index (χ3n) is 4.18. The first-order chi connectivity index (χ1) is 8.89. The van der Waals surface area contributed by atoms with E-state index in [2.05, 4.69) is 24.1 Å². The van der Waals surface area contributed by atoms with Gasteiger partial charge in [0.15, 0.2) is 0 Å². The molecule has 2 fully saturated rings. The van der Waals surface area contributed by atoms with Crippen LogP contribution in [0.1, 0.15) is 33.6 Å². The highest BCUT2D eigenvalue weighted by Crippen LogP contribution is 2.40. The molecule has 19 heavy (non-hydrogen) atoms. The summed E-state index contributed by atoms with van der Waals surface area (Å²) in [5, 5.41) is 3.38. The van der Waals surface area contributed by atoms with Crippen molar-refractivity contribution in [3.8, 4) is 0 Å². The molecule has 0 spiro atoms. The van der Waals surface area contributed by atoms with Gasteiger partial charge in [0.05, 0.1) is 12.2 Å². The number of rotatable bonds is 6. The van der Waals surface area contributed by atoms with Crippen LogP contribution in [0.4, 0.5) is 0 Å². The Balaban J connectivity index is 2.09. The molecule has 2 rings (SSSR count). The molecule has 0 aromatic rings. The summed E-state index contributed by atoms with van der Waals surface area (Å²) in [7, 11) is 0. The maximum atomic E-state index is 12.0. The molecule has 110 valence electrons. The van der Waals surface area contributed by atoms with Gasteiger partial charge in [0, 0.05) is 19.6 Å². The zero-order chi connectivity index (χ0) is 14.1. The average Bonchev–Trinajstić information content (AvgIpc) is 3.10. The highest BCUT2D eigenvalue weighted by molar-refractivity contribution is 5.86. The van der Waals surface area contributed by atoms with Gasteiger partial charge in [0.2, 0.25) is 5.91 Å². The fraction of sp³-hybridized carbons (Fsp3) is 0.929. The Morgan fingerprint density at radius 1 is 1.53 bits per heavy atom. The van der Waals surface area contributed by atoms with Gasteiger partial charge in [0.25, 0.3) is 0 Å². The Hall–Kier alpha value is -0.650. The monoisotopic (exact) mass is 269 g/mol. The normalized spacial score (nSPS) is 26.9. The molecule has 1 aliphatic heterocycles. The maximum Gasteiger partial charge on any atom is 0.239 e. The van der Waals surface area contributed by atoms with Crippen LogP contribution in [0.5, 0.6) is 0 Å². The zero-order valence-corrected chi connectivity index (χ0v) is 12.4. The molecule has 0 radical (unpaired) electrons. The Labute approximate surface area is 115 Å². The summed E-state index contributed by atoms with van der Waals surface area (Å²) in [6.45, 7) is 10.1. The first kappa shape index (κ1) is 14.8. The predicted octanol–water partition coefficient (Wildman–Crippen LogP) is 0.341. The number of nitrogens with one attached hydrogen (secondary N) is 1.